The summed E-state index contributed by atoms with van der Waals surface area (Å²) in [5, 5.41) is 12.2. The van der Waals surface area contributed by atoms with Crippen LogP contribution in [0.5, 0.6) is 0 Å². The number of esters is 1. The molecule has 46 heavy (non-hydrogen) atoms. The van der Waals surface area contributed by atoms with E-state index in [9.17, 15) is 9.59 Å². The van der Waals surface area contributed by atoms with Crippen molar-refractivity contribution in [1.82, 2.24) is 25.1 Å². The lowest BCUT2D eigenvalue weighted by Gasteiger charge is -2.54. The fourth-order valence-electron chi connectivity index (χ4n) is 5.18. The first-order chi connectivity index (χ1) is 22.4. The number of β-lactam (4-membered cyclic amide) rings is 1. The van der Waals surface area contributed by atoms with Crippen LogP contribution in [-0.4, -0.2) is 72.9 Å². The number of thioether (sulfide) groups is 2. The fourth-order valence-corrected chi connectivity index (χ4v) is 7.80. The van der Waals surface area contributed by atoms with Crippen molar-refractivity contribution in [3.8, 4) is 0 Å². The highest BCUT2D eigenvalue weighted by molar-refractivity contribution is 8.01. The maximum atomic E-state index is 14.2. The summed E-state index contributed by atoms with van der Waals surface area (Å²) in [6, 6.07) is 26.4. The van der Waals surface area contributed by atoms with Gasteiger partial charge in [-0.15, -0.1) is 16.9 Å². The minimum Gasteiger partial charge on any atom is -0.448 e. The summed E-state index contributed by atoms with van der Waals surface area (Å²) < 4.78 is 13.6. The molecule has 2 atom stereocenters. The van der Waals surface area contributed by atoms with Crippen LogP contribution in [0, 0.1) is 0 Å². The van der Waals surface area contributed by atoms with Crippen LogP contribution in [-0.2, 0) is 26.1 Å². The average Bonchev–Trinajstić information content (AvgIpc) is 3.51. The molecule has 234 valence electrons. The molecule has 6 rings (SSSR count). The molecule has 2 aliphatic heterocycles. The van der Waals surface area contributed by atoms with Crippen LogP contribution in [0.4, 0.5) is 0 Å². The van der Waals surface area contributed by atoms with Gasteiger partial charge in [0.15, 0.2) is 6.10 Å². The number of aliphatic imine (C=N–C) groups is 1. The summed E-state index contributed by atoms with van der Waals surface area (Å²) >= 11 is 9.11. The van der Waals surface area contributed by atoms with Crippen molar-refractivity contribution in [3.63, 3.8) is 0 Å². The number of hydrogen-bond acceptors (Lipinski definition) is 10. The van der Waals surface area contributed by atoms with Gasteiger partial charge in [-0.05, 0) is 44.8 Å². The smallest absolute Gasteiger partial charge is 0.356 e. The summed E-state index contributed by atoms with van der Waals surface area (Å²) in [4.78, 5) is 34.2. The second-order valence-electron chi connectivity index (χ2n) is 10.3. The maximum Gasteiger partial charge on any atom is 0.356 e. The highest BCUT2D eigenvalue weighted by Gasteiger charge is 2.66. The van der Waals surface area contributed by atoms with E-state index in [2.05, 4.69) is 20.5 Å². The molecule has 2 aliphatic rings. The molecule has 10 nitrogen and oxygen atoms in total. The Kier molecular flexibility index (Phi) is 9.69. The highest BCUT2D eigenvalue weighted by atomic mass is 35.5. The van der Waals surface area contributed by atoms with Crippen LogP contribution in [0.15, 0.2) is 112 Å². The minimum absolute atomic E-state index is 0.183. The molecule has 0 saturated carbocycles. The van der Waals surface area contributed by atoms with Gasteiger partial charge in [-0.1, -0.05) is 108 Å². The van der Waals surface area contributed by atoms with E-state index >= 15 is 0 Å². The molecule has 1 aromatic heterocycles. The molecular weight excluding hydrogens is 644 g/mol. The Balaban J connectivity index is 1.32. The number of aromatic nitrogens is 4. The van der Waals surface area contributed by atoms with E-state index in [0.29, 0.717) is 21.7 Å². The number of nitrogens with zero attached hydrogens (tertiary/aromatic N) is 6. The van der Waals surface area contributed by atoms with Gasteiger partial charge in [0.1, 0.15) is 11.1 Å². The molecule has 3 heterocycles. The van der Waals surface area contributed by atoms with E-state index in [0.717, 1.165) is 22.3 Å². The van der Waals surface area contributed by atoms with Gasteiger partial charge >= 0.3 is 5.97 Å². The van der Waals surface area contributed by atoms with E-state index in [1.165, 1.54) is 41.7 Å². The Bertz CT molecular complexity index is 1780. The third-order valence-electron chi connectivity index (χ3n) is 7.51. The number of methoxy groups -OCH3 is 1. The molecule has 1 saturated heterocycles. The van der Waals surface area contributed by atoms with E-state index in [1.54, 1.807) is 29.9 Å². The lowest BCUT2D eigenvalue weighted by Crippen LogP contribution is -2.73. The Morgan fingerprint density at radius 1 is 1.11 bits per heavy atom. The number of ether oxygens (including phenoxy) is 2. The Labute approximate surface area is 279 Å². The molecule has 1 fully saturated rings. The van der Waals surface area contributed by atoms with Gasteiger partial charge in [-0.2, -0.15) is 0 Å². The quantitative estimate of drug-likeness (QED) is 0.0872. The van der Waals surface area contributed by atoms with Crippen molar-refractivity contribution in [1.29, 1.82) is 0 Å². The highest BCUT2D eigenvalue weighted by Crippen LogP contribution is 2.49. The first-order valence-electron chi connectivity index (χ1n) is 14.3. The maximum absolute atomic E-state index is 14.2. The number of carbonyl (C=O) groups excluding carboxylic acids is 2. The topological polar surface area (TPSA) is 112 Å². The molecule has 13 heteroatoms. The Morgan fingerprint density at radius 3 is 2.41 bits per heavy atom. The standard InChI is InChI=1S/C33H29ClN6O4S2/c1-39-32(36-37-38-39)46-21-25-20-45-31-33(43-2,35-19-11-17-22-12-9-10-18-26(22)34)30(42)40(31)27(25)29(41)44-28(23-13-5-3-6-14-23)24-15-7-4-8-16-24/h3-19,28,31H,20-21H2,1-2H3/t31-,33-/m0/s1. The monoisotopic (exact) mass is 672 g/mol. The molecule has 0 spiro atoms. The van der Waals surface area contributed by atoms with Crippen LogP contribution in [0.2, 0.25) is 5.02 Å². The molecule has 0 aliphatic carbocycles. The predicted octanol–water partition coefficient (Wildman–Crippen LogP) is 5.58. The number of allylic oxidation sites excluding steroid dienone is 1. The molecule has 1 amide bonds. The normalized spacial score (nSPS) is 19.6. The second kappa shape index (κ2) is 14.0. The van der Waals surface area contributed by atoms with Gasteiger partial charge in [-0.3, -0.25) is 9.69 Å². The number of fused-ring (bicyclic) bond motifs is 1. The van der Waals surface area contributed by atoms with E-state index in [-0.39, 0.29) is 5.70 Å². The van der Waals surface area contributed by atoms with Crippen molar-refractivity contribution >= 4 is 59.3 Å². The summed E-state index contributed by atoms with van der Waals surface area (Å²) in [6.07, 6.45) is 4.34. The number of rotatable bonds is 11. The number of benzene rings is 3. The Morgan fingerprint density at radius 2 is 1.78 bits per heavy atom. The first kappa shape index (κ1) is 31.7. The van der Waals surface area contributed by atoms with Crippen molar-refractivity contribution in [2.24, 2.45) is 12.0 Å². The minimum atomic E-state index is -1.51. The van der Waals surface area contributed by atoms with Gasteiger partial charge < -0.3 is 9.47 Å². The molecule has 4 aromatic rings. The molecular formula is C33H29ClN6O4S2. The number of carbonyl (C=O) groups is 2. The largest absolute Gasteiger partial charge is 0.448 e. The second-order valence-corrected chi connectivity index (χ2v) is 12.7. The van der Waals surface area contributed by atoms with Gasteiger partial charge in [0.05, 0.1) is 0 Å². The number of aryl methyl sites for hydroxylation is 1. The molecule has 0 N–H and O–H groups in total. The first-order valence-corrected chi connectivity index (χ1v) is 16.7. The van der Waals surface area contributed by atoms with Gasteiger partial charge in [0.2, 0.25) is 5.16 Å². The third kappa shape index (κ3) is 6.25. The van der Waals surface area contributed by atoms with Crippen molar-refractivity contribution < 1.29 is 19.1 Å². The number of tetrazole rings is 1. The molecule has 0 unspecified atom stereocenters. The zero-order valence-electron chi connectivity index (χ0n) is 24.9. The lowest BCUT2D eigenvalue weighted by molar-refractivity contribution is -0.183. The lowest BCUT2D eigenvalue weighted by atomic mass is 9.98. The van der Waals surface area contributed by atoms with Crippen LogP contribution in [0.25, 0.3) is 6.08 Å². The predicted molar refractivity (Wildman–Crippen MR) is 179 cm³/mol. The van der Waals surface area contributed by atoms with Crippen LogP contribution in [0.3, 0.4) is 0 Å². The van der Waals surface area contributed by atoms with Crippen LogP contribution >= 0.6 is 35.1 Å². The van der Waals surface area contributed by atoms with Crippen molar-refractivity contribution in [2.45, 2.75) is 22.4 Å². The van der Waals surface area contributed by atoms with Crippen LogP contribution < -0.4 is 0 Å². The summed E-state index contributed by atoms with van der Waals surface area (Å²) in [6.45, 7) is 0. The number of hydrogen-bond donors (Lipinski definition) is 0. The van der Waals surface area contributed by atoms with E-state index < -0.39 is 29.1 Å². The van der Waals surface area contributed by atoms with Crippen molar-refractivity contribution in [3.05, 3.63) is 124 Å². The van der Waals surface area contributed by atoms with Crippen molar-refractivity contribution in [2.75, 3.05) is 18.6 Å². The van der Waals surface area contributed by atoms with Crippen LogP contribution in [0.1, 0.15) is 22.8 Å². The third-order valence-corrected chi connectivity index (χ3v) is 10.3. The molecule has 0 bridgehead atoms. The van der Waals surface area contributed by atoms with Gasteiger partial charge in [-0.25, -0.2) is 14.5 Å². The number of amides is 1. The van der Waals surface area contributed by atoms with Gasteiger partial charge in [0.25, 0.3) is 11.6 Å². The summed E-state index contributed by atoms with van der Waals surface area (Å²) in [5.74, 6) is -0.266. The van der Waals surface area contributed by atoms with Gasteiger partial charge in [0, 0.05) is 36.9 Å². The van der Waals surface area contributed by atoms with E-state index in [1.807, 2.05) is 78.9 Å². The summed E-state index contributed by atoms with van der Waals surface area (Å²) in [5.41, 5.74) is 1.83. The number of halogens is 1. The zero-order valence-corrected chi connectivity index (χ0v) is 27.3. The molecule has 3 aromatic carbocycles. The molecule has 0 radical (unpaired) electrons. The Hall–Kier alpha value is -4.23. The fraction of sp³-hybridized carbons (Fsp3) is 0.212. The SMILES string of the molecule is CO[C@@]1(N=CC=Cc2ccccc2Cl)C(=O)N2C(C(=O)OC(c3ccccc3)c3ccccc3)=C(CSc3nnnn3C)CS[C@H]21. The zero-order chi connectivity index (χ0) is 32.1. The van der Waals surface area contributed by atoms with E-state index in [4.69, 9.17) is 21.1 Å². The summed E-state index contributed by atoms with van der Waals surface area (Å²) in [7, 11) is 3.19. The average molecular weight is 673 g/mol.